The van der Waals surface area contributed by atoms with E-state index in [1.165, 1.54) is 32.1 Å². The first-order valence-electron chi connectivity index (χ1n) is 9.33. The molecule has 0 amide bonds. The van der Waals surface area contributed by atoms with Crippen LogP contribution >= 0.6 is 0 Å². The van der Waals surface area contributed by atoms with Crippen LogP contribution in [0.5, 0.6) is 0 Å². The number of piperazine rings is 1. The fraction of sp³-hybridized carbons (Fsp3) is 0.579. The summed E-state index contributed by atoms with van der Waals surface area (Å²) in [6, 6.07) is 3.77. The van der Waals surface area contributed by atoms with Crippen molar-refractivity contribution in [1.82, 2.24) is 29.7 Å². The van der Waals surface area contributed by atoms with Gasteiger partial charge in [0.15, 0.2) is 0 Å². The molecule has 1 aliphatic carbocycles. The lowest BCUT2D eigenvalue weighted by atomic mass is 9.78. The predicted molar refractivity (Wildman–Crippen MR) is 95.6 cm³/mol. The van der Waals surface area contributed by atoms with Crippen molar-refractivity contribution in [2.24, 2.45) is 0 Å². The van der Waals surface area contributed by atoms with E-state index in [2.05, 4.69) is 29.7 Å². The second-order valence-corrected chi connectivity index (χ2v) is 7.25. The highest BCUT2D eigenvalue weighted by molar-refractivity contribution is 5.02. The van der Waals surface area contributed by atoms with Crippen LogP contribution in [0.4, 0.5) is 0 Å². The van der Waals surface area contributed by atoms with Crippen LogP contribution in [0.15, 0.2) is 36.9 Å². The molecule has 2 aliphatic rings. The Hall–Kier alpha value is -1.92. The van der Waals surface area contributed by atoms with E-state index in [1.54, 1.807) is 0 Å². The zero-order valence-electron chi connectivity index (χ0n) is 14.7. The minimum absolute atomic E-state index is 0.254. The van der Waals surface area contributed by atoms with Crippen molar-refractivity contribution in [1.29, 1.82) is 0 Å². The van der Waals surface area contributed by atoms with Crippen LogP contribution < -0.4 is 0 Å². The van der Waals surface area contributed by atoms with Crippen molar-refractivity contribution in [2.45, 2.75) is 50.7 Å². The Morgan fingerprint density at radius 2 is 1.36 bits per heavy atom. The van der Waals surface area contributed by atoms with Crippen LogP contribution in [0.25, 0.3) is 0 Å². The largest absolute Gasteiger partial charge is 0.293 e. The van der Waals surface area contributed by atoms with E-state index in [9.17, 15) is 0 Å². The number of hydrogen-bond acceptors (Lipinski definition) is 6. The van der Waals surface area contributed by atoms with Crippen LogP contribution in [0.2, 0.25) is 0 Å². The van der Waals surface area contributed by atoms with E-state index in [-0.39, 0.29) is 5.54 Å². The SMILES string of the molecule is c1cnc(CN2CCN(Cc3ncccn3)C3(CCCCC3)C2)nc1. The topological polar surface area (TPSA) is 58.0 Å². The summed E-state index contributed by atoms with van der Waals surface area (Å²) in [6.45, 7) is 4.91. The Kier molecular flexibility index (Phi) is 4.99. The minimum atomic E-state index is 0.254. The summed E-state index contributed by atoms with van der Waals surface area (Å²) in [5.41, 5.74) is 0.254. The van der Waals surface area contributed by atoms with Gasteiger partial charge in [-0.05, 0) is 25.0 Å². The average molecular weight is 338 g/mol. The monoisotopic (exact) mass is 338 g/mol. The lowest BCUT2D eigenvalue weighted by Gasteiger charge is -2.52. The van der Waals surface area contributed by atoms with Crippen LogP contribution in [-0.2, 0) is 13.1 Å². The van der Waals surface area contributed by atoms with E-state index < -0.39 is 0 Å². The van der Waals surface area contributed by atoms with Gasteiger partial charge in [-0.3, -0.25) is 9.80 Å². The van der Waals surface area contributed by atoms with Gasteiger partial charge >= 0.3 is 0 Å². The Balaban J connectivity index is 1.49. The van der Waals surface area contributed by atoms with E-state index in [0.717, 1.165) is 44.4 Å². The van der Waals surface area contributed by atoms with E-state index >= 15 is 0 Å². The van der Waals surface area contributed by atoms with Crippen molar-refractivity contribution < 1.29 is 0 Å². The molecule has 1 saturated carbocycles. The fourth-order valence-electron chi connectivity index (χ4n) is 4.35. The predicted octanol–water partition coefficient (Wildman–Crippen LogP) is 2.29. The van der Waals surface area contributed by atoms with Gasteiger partial charge in [0.05, 0.1) is 13.1 Å². The molecule has 0 bridgehead atoms. The number of nitrogens with zero attached hydrogens (tertiary/aromatic N) is 6. The normalized spacial score (nSPS) is 21.4. The maximum absolute atomic E-state index is 4.45. The molecule has 3 heterocycles. The van der Waals surface area contributed by atoms with Crippen molar-refractivity contribution >= 4 is 0 Å². The van der Waals surface area contributed by atoms with Crippen molar-refractivity contribution in [3.63, 3.8) is 0 Å². The lowest BCUT2D eigenvalue weighted by Crippen LogP contribution is -2.62. The van der Waals surface area contributed by atoms with Crippen molar-refractivity contribution in [3.05, 3.63) is 48.6 Å². The molecule has 0 aromatic carbocycles. The fourth-order valence-corrected chi connectivity index (χ4v) is 4.35. The Morgan fingerprint density at radius 3 is 2.00 bits per heavy atom. The molecule has 2 aromatic heterocycles. The maximum atomic E-state index is 4.45. The first kappa shape index (κ1) is 16.5. The second-order valence-electron chi connectivity index (χ2n) is 7.25. The summed E-state index contributed by atoms with van der Waals surface area (Å²) >= 11 is 0. The van der Waals surface area contributed by atoms with Crippen LogP contribution in [0.3, 0.4) is 0 Å². The molecule has 1 aliphatic heterocycles. The van der Waals surface area contributed by atoms with Gasteiger partial charge in [0.2, 0.25) is 0 Å². The molecule has 1 saturated heterocycles. The molecule has 132 valence electrons. The van der Waals surface area contributed by atoms with E-state index in [4.69, 9.17) is 0 Å². The zero-order chi connectivity index (χ0) is 17.0. The van der Waals surface area contributed by atoms with Crippen LogP contribution in [0.1, 0.15) is 43.8 Å². The minimum Gasteiger partial charge on any atom is -0.293 e. The summed E-state index contributed by atoms with van der Waals surface area (Å²) < 4.78 is 0. The molecule has 25 heavy (non-hydrogen) atoms. The highest BCUT2D eigenvalue weighted by atomic mass is 15.3. The van der Waals surface area contributed by atoms with E-state index in [1.807, 2.05) is 36.9 Å². The van der Waals surface area contributed by atoms with Crippen LogP contribution in [0, 0.1) is 0 Å². The van der Waals surface area contributed by atoms with Gasteiger partial charge in [-0.25, -0.2) is 19.9 Å². The summed E-state index contributed by atoms with van der Waals surface area (Å²) in [5, 5.41) is 0. The zero-order valence-corrected chi connectivity index (χ0v) is 14.7. The molecule has 4 rings (SSSR count). The number of aromatic nitrogens is 4. The van der Waals surface area contributed by atoms with Gasteiger partial charge in [0, 0.05) is 50.0 Å². The van der Waals surface area contributed by atoms with Gasteiger partial charge < -0.3 is 0 Å². The highest BCUT2D eigenvalue weighted by Gasteiger charge is 2.42. The van der Waals surface area contributed by atoms with Gasteiger partial charge in [-0.1, -0.05) is 19.3 Å². The Bertz CT molecular complexity index is 656. The molecule has 6 heteroatoms. The lowest BCUT2D eigenvalue weighted by molar-refractivity contribution is -0.0371. The molecule has 0 N–H and O–H groups in total. The summed E-state index contributed by atoms with van der Waals surface area (Å²) in [7, 11) is 0. The van der Waals surface area contributed by atoms with Crippen LogP contribution in [-0.4, -0.2) is 54.9 Å². The van der Waals surface area contributed by atoms with E-state index in [0.29, 0.717) is 0 Å². The Labute approximate surface area is 149 Å². The first-order chi connectivity index (χ1) is 12.3. The van der Waals surface area contributed by atoms with Crippen molar-refractivity contribution in [3.8, 4) is 0 Å². The molecule has 0 unspecified atom stereocenters. The maximum Gasteiger partial charge on any atom is 0.142 e. The quantitative estimate of drug-likeness (QED) is 0.852. The second kappa shape index (κ2) is 7.54. The number of hydrogen-bond donors (Lipinski definition) is 0. The third-order valence-electron chi connectivity index (χ3n) is 5.59. The molecule has 2 aromatic rings. The van der Waals surface area contributed by atoms with Gasteiger partial charge in [-0.15, -0.1) is 0 Å². The van der Waals surface area contributed by atoms with Crippen molar-refractivity contribution in [2.75, 3.05) is 19.6 Å². The molecular formula is C19H26N6. The summed E-state index contributed by atoms with van der Waals surface area (Å²) in [4.78, 5) is 22.9. The molecule has 1 spiro atoms. The molecule has 2 fully saturated rings. The van der Waals surface area contributed by atoms with Gasteiger partial charge in [0.1, 0.15) is 11.6 Å². The third-order valence-corrected chi connectivity index (χ3v) is 5.59. The highest BCUT2D eigenvalue weighted by Crippen LogP contribution is 2.37. The molecule has 0 atom stereocenters. The molecular weight excluding hydrogens is 312 g/mol. The van der Waals surface area contributed by atoms with Gasteiger partial charge in [0.25, 0.3) is 0 Å². The third kappa shape index (κ3) is 3.85. The smallest absolute Gasteiger partial charge is 0.142 e. The average Bonchev–Trinajstić information content (AvgIpc) is 2.67. The summed E-state index contributed by atoms with van der Waals surface area (Å²) in [6.07, 6.45) is 13.9. The van der Waals surface area contributed by atoms with Gasteiger partial charge in [-0.2, -0.15) is 0 Å². The molecule has 0 radical (unpaired) electrons. The molecule has 6 nitrogen and oxygen atoms in total. The summed E-state index contributed by atoms with van der Waals surface area (Å²) in [5.74, 6) is 1.86. The number of rotatable bonds is 4. The first-order valence-corrected chi connectivity index (χ1v) is 9.33. The Morgan fingerprint density at radius 1 is 0.760 bits per heavy atom. The standard InChI is InChI=1S/C19H26N6/c1-2-6-19(7-3-1)16-24(14-17-20-8-4-9-21-17)12-13-25(19)15-18-22-10-5-11-23-18/h4-5,8-11H,1-3,6-7,12-16H2.